The minimum Gasteiger partial charge on any atom is -0.350 e. The van der Waals surface area contributed by atoms with E-state index in [1.54, 1.807) is 24.0 Å². The van der Waals surface area contributed by atoms with E-state index < -0.39 is 0 Å². The Bertz CT molecular complexity index is 835. The van der Waals surface area contributed by atoms with Gasteiger partial charge in [0, 0.05) is 34.4 Å². The summed E-state index contributed by atoms with van der Waals surface area (Å²) >= 11 is 7.84. The molecule has 3 rings (SSSR count). The van der Waals surface area contributed by atoms with Crippen LogP contribution in [0.3, 0.4) is 0 Å². The van der Waals surface area contributed by atoms with Crippen LogP contribution in [-0.2, 0) is 0 Å². The molecule has 25 heavy (non-hydrogen) atoms. The summed E-state index contributed by atoms with van der Waals surface area (Å²) in [6.45, 7) is 8.35. The van der Waals surface area contributed by atoms with Gasteiger partial charge in [0.1, 0.15) is 0 Å². The molecule has 0 atom stereocenters. The minimum atomic E-state index is -0.284. The molecular weight excluding hydrogens is 354 g/mol. The van der Waals surface area contributed by atoms with Crippen molar-refractivity contribution in [1.29, 1.82) is 0 Å². The highest BCUT2D eigenvalue weighted by atomic mass is 35.5. The van der Waals surface area contributed by atoms with Crippen LogP contribution in [0.25, 0.3) is 10.9 Å². The van der Waals surface area contributed by atoms with Crippen molar-refractivity contribution >= 4 is 45.3 Å². The van der Waals surface area contributed by atoms with E-state index in [4.69, 9.17) is 11.6 Å². The van der Waals surface area contributed by atoms with Gasteiger partial charge in [-0.25, -0.2) is 0 Å². The first-order chi connectivity index (χ1) is 11.9. The molecule has 1 aromatic heterocycles. The number of amidine groups is 1. The summed E-state index contributed by atoms with van der Waals surface area (Å²) in [5.41, 5.74) is 1.10. The number of thioether (sulfide) groups is 1. The highest BCUT2D eigenvalue weighted by Gasteiger charge is 2.35. The lowest BCUT2D eigenvalue weighted by Gasteiger charge is -2.19. The van der Waals surface area contributed by atoms with Gasteiger partial charge in [0.15, 0.2) is 5.17 Å². The molecular formula is C19H22ClN3OS. The summed E-state index contributed by atoms with van der Waals surface area (Å²) < 4.78 is 0.0570. The SMILES string of the molecule is CCCCN1CC(C)(C)S/C1=N\C(=O)c1cc(Cl)cc2cccnc12. The van der Waals surface area contributed by atoms with Crippen LogP contribution in [0.5, 0.6) is 0 Å². The smallest absolute Gasteiger partial charge is 0.281 e. The Morgan fingerprint density at radius 3 is 3.00 bits per heavy atom. The number of pyridine rings is 1. The number of benzene rings is 1. The molecule has 1 amide bonds. The number of unbranched alkanes of at least 4 members (excludes halogenated alkanes) is 1. The van der Waals surface area contributed by atoms with Crippen LogP contribution in [0.2, 0.25) is 5.02 Å². The van der Waals surface area contributed by atoms with E-state index in [-0.39, 0.29) is 10.7 Å². The van der Waals surface area contributed by atoms with E-state index in [9.17, 15) is 4.79 Å². The quantitative estimate of drug-likeness (QED) is 0.753. The molecule has 4 nitrogen and oxygen atoms in total. The van der Waals surface area contributed by atoms with Crippen molar-refractivity contribution in [2.45, 2.75) is 38.4 Å². The standard InChI is InChI=1S/C19H22ClN3OS/c1-4-5-9-23-12-19(2,3)25-18(23)22-17(24)15-11-14(20)10-13-7-6-8-21-16(13)15/h6-8,10-11H,4-5,9,12H2,1-3H3/b22-18-. The molecule has 6 heteroatoms. The van der Waals surface area contributed by atoms with Gasteiger partial charge in [-0.1, -0.05) is 42.8 Å². The summed E-state index contributed by atoms with van der Waals surface area (Å²) in [6, 6.07) is 7.21. The van der Waals surface area contributed by atoms with Crippen LogP contribution in [-0.4, -0.2) is 38.8 Å². The van der Waals surface area contributed by atoms with Crippen LogP contribution in [0.4, 0.5) is 0 Å². The van der Waals surface area contributed by atoms with Gasteiger partial charge >= 0.3 is 0 Å². The maximum atomic E-state index is 12.9. The highest BCUT2D eigenvalue weighted by molar-refractivity contribution is 8.15. The maximum Gasteiger partial charge on any atom is 0.281 e. The number of aliphatic imine (C=N–C) groups is 1. The predicted octanol–water partition coefficient (Wildman–Crippen LogP) is 5.01. The molecule has 1 saturated heterocycles. The van der Waals surface area contributed by atoms with Gasteiger partial charge in [-0.3, -0.25) is 9.78 Å². The highest BCUT2D eigenvalue weighted by Crippen LogP contribution is 2.36. The number of hydrogen-bond donors (Lipinski definition) is 0. The van der Waals surface area contributed by atoms with E-state index in [1.165, 1.54) is 0 Å². The molecule has 0 radical (unpaired) electrons. The van der Waals surface area contributed by atoms with Gasteiger partial charge in [0.2, 0.25) is 0 Å². The van der Waals surface area contributed by atoms with Crippen LogP contribution < -0.4 is 0 Å². The Morgan fingerprint density at radius 2 is 2.24 bits per heavy atom. The second-order valence-corrected chi connectivity index (χ2v) is 8.98. The van der Waals surface area contributed by atoms with Gasteiger partial charge in [-0.05, 0) is 38.5 Å². The van der Waals surface area contributed by atoms with Crippen molar-refractivity contribution in [3.63, 3.8) is 0 Å². The Kier molecular flexibility index (Phi) is 5.35. The van der Waals surface area contributed by atoms with Gasteiger partial charge in [0.25, 0.3) is 5.91 Å². The third-order valence-electron chi connectivity index (χ3n) is 4.09. The van der Waals surface area contributed by atoms with E-state index in [0.717, 1.165) is 36.5 Å². The lowest BCUT2D eigenvalue weighted by molar-refractivity contribution is 0.100. The van der Waals surface area contributed by atoms with Crippen LogP contribution >= 0.6 is 23.4 Å². The Labute approximate surface area is 157 Å². The van der Waals surface area contributed by atoms with Crippen molar-refractivity contribution in [1.82, 2.24) is 9.88 Å². The average molecular weight is 376 g/mol. The Morgan fingerprint density at radius 1 is 1.44 bits per heavy atom. The molecule has 0 spiro atoms. The summed E-state index contributed by atoms with van der Waals surface area (Å²) in [7, 11) is 0. The van der Waals surface area contributed by atoms with Crippen molar-refractivity contribution < 1.29 is 4.79 Å². The second-order valence-electron chi connectivity index (χ2n) is 6.86. The second kappa shape index (κ2) is 7.34. The van der Waals surface area contributed by atoms with Crippen molar-refractivity contribution in [3.8, 4) is 0 Å². The average Bonchev–Trinajstić information content (AvgIpc) is 2.85. The monoisotopic (exact) mass is 375 g/mol. The van der Waals surface area contributed by atoms with Crippen LogP contribution in [0.1, 0.15) is 44.0 Å². The fraction of sp³-hybridized carbons (Fsp3) is 0.421. The number of nitrogens with zero attached hydrogens (tertiary/aromatic N) is 3. The molecule has 0 saturated carbocycles. The summed E-state index contributed by atoms with van der Waals surface area (Å²) in [5.74, 6) is -0.284. The molecule has 0 bridgehead atoms. The van der Waals surface area contributed by atoms with E-state index >= 15 is 0 Å². The maximum absolute atomic E-state index is 12.9. The van der Waals surface area contributed by atoms with Crippen LogP contribution in [0.15, 0.2) is 35.5 Å². The zero-order chi connectivity index (χ0) is 18.0. The van der Waals surface area contributed by atoms with Gasteiger partial charge < -0.3 is 4.90 Å². The molecule has 0 aliphatic carbocycles. The summed E-state index contributed by atoms with van der Waals surface area (Å²) in [5, 5.41) is 2.17. The fourth-order valence-electron chi connectivity index (χ4n) is 2.95. The number of fused-ring (bicyclic) bond motifs is 1. The number of halogens is 1. The molecule has 0 N–H and O–H groups in total. The van der Waals surface area contributed by atoms with Crippen molar-refractivity contribution in [2.75, 3.05) is 13.1 Å². The molecule has 1 aliphatic heterocycles. The fourth-order valence-corrected chi connectivity index (χ4v) is 4.31. The molecule has 1 aromatic carbocycles. The largest absolute Gasteiger partial charge is 0.350 e. The number of carbonyl (C=O) groups excluding carboxylic acids is 1. The molecule has 2 heterocycles. The van der Waals surface area contributed by atoms with Crippen molar-refractivity contribution in [3.05, 3.63) is 41.0 Å². The Hall–Kier alpha value is -1.59. The normalized spacial score (nSPS) is 18.2. The lowest BCUT2D eigenvalue weighted by Crippen LogP contribution is -2.30. The van der Waals surface area contributed by atoms with E-state index in [2.05, 4.69) is 35.6 Å². The molecule has 1 aliphatic rings. The Balaban J connectivity index is 1.96. The third kappa shape index (κ3) is 4.15. The zero-order valence-electron chi connectivity index (χ0n) is 14.8. The lowest BCUT2D eigenvalue weighted by atomic mass is 10.1. The first-order valence-corrected chi connectivity index (χ1v) is 9.70. The molecule has 0 unspecified atom stereocenters. The van der Waals surface area contributed by atoms with Crippen molar-refractivity contribution in [2.24, 2.45) is 4.99 Å². The van der Waals surface area contributed by atoms with E-state index in [0.29, 0.717) is 16.1 Å². The minimum absolute atomic E-state index is 0.0570. The predicted molar refractivity (Wildman–Crippen MR) is 107 cm³/mol. The zero-order valence-corrected chi connectivity index (χ0v) is 16.3. The number of aromatic nitrogens is 1. The molecule has 132 valence electrons. The number of rotatable bonds is 4. The van der Waals surface area contributed by atoms with Crippen LogP contribution in [0, 0.1) is 0 Å². The van der Waals surface area contributed by atoms with E-state index in [1.807, 2.05) is 18.2 Å². The first-order valence-electron chi connectivity index (χ1n) is 8.51. The van der Waals surface area contributed by atoms with Gasteiger partial charge in [-0.15, -0.1) is 0 Å². The topological polar surface area (TPSA) is 45.6 Å². The molecule has 2 aromatic rings. The number of carbonyl (C=O) groups is 1. The first kappa shape index (κ1) is 18.2. The third-order valence-corrected chi connectivity index (χ3v) is 5.52. The summed E-state index contributed by atoms with van der Waals surface area (Å²) in [4.78, 5) is 23.9. The van der Waals surface area contributed by atoms with Gasteiger partial charge in [0.05, 0.1) is 11.1 Å². The number of hydrogen-bond acceptors (Lipinski definition) is 3. The molecule has 1 fully saturated rings. The van der Waals surface area contributed by atoms with Gasteiger partial charge in [-0.2, -0.15) is 4.99 Å². The summed E-state index contributed by atoms with van der Waals surface area (Å²) in [6.07, 6.45) is 3.89. The number of amides is 1.